The third-order valence-electron chi connectivity index (χ3n) is 4.60. The van der Waals surface area contributed by atoms with Crippen molar-refractivity contribution in [2.24, 2.45) is 0 Å². The first-order valence-electron chi connectivity index (χ1n) is 9.80. The Labute approximate surface area is 179 Å². The van der Waals surface area contributed by atoms with Crippen molar-refractivity contribution < 1.29 is 14.3 Å². The summed E-state index contributed by atoms with van der Waals surface area (Å²) in [6, 6.07) is 17.4. The summed E-state index contributed by atoms with van der Waals surface area (Å²) in [7, 11) is 1.60. The number of ether oxygens (including phenoxy) is 1. The second kappa shape index (κ2) is 10.2. The molecule has 160 valence electrons. The van der Waals surface area contributed by atoms with Crippen molar-refractivity contribution in [3.05, 3.63) is 87.8 Å². The molecule has 0 aliphatic rings. The second-order valence-electron chi connectivity index (χ2n) is 6.98. The van der Waals surface area contributed by atoms with Crippen LogP contribution in [0.1, 0.15) is 21.6 Å². The standard InChI is InChI=1S/C23H24N4O4/c1-16-3-7-18(8-4-16)25-23(30)20-11-12-22(29)27(26-20)15-21(28)24-14-13-17-5-9-19(31-2)10-6-17/h3-12H,13-15H2,1-2H3,(H,24,28)(H,25,30). The first-order valence-corrected chi connectivity index (χ1v) is 9.80. The Balaban J connectivity index is 1.56. The molecule has 0 radical (unpaired) electrons. The van der Waals surface area contributed by atoms with Gasteiger partial charge < -0.3 is 15.4 Å². The molecule has 8 heteroatoms. The Kier molecular flexibility index (Phi) is 7.16. The number of anilines is 1. The molecule has 0 saturated carbocycles. The largest absolute Gasteiger partial charge is 0.497 e. The predicted molar refractivity (Wildman–Crippen MR) is 117 cm³/mol. The van der Waals surface area contributed by atoms with Crippen LogP contribution in [0.25, 0.3) is 0 Å². The number of methoxy groups -OCH3 is 1. The Bertz CT molecular complexity index is 1110. The minimum atomic E-state index is -0.461. The van der Waals surface area contributed by atoms with E-state index in [2.05, 4.69) is 15.7 Å². The van der Waals surface area contributed by atoms with Crippen LogP contribution in [-0.2, 0) is 17.8 Å². The molecule has 0 fully saturated rings. The smallest absolute Gasteiger partial charge is 0.276 e. The van der Waals surface area contributed by atoms with Gasteiger partial charge in [0, 0.05) is 18.3 Å². The van der Waals surface area contributed by atoms with Gasteiger partial charge in [-0.2, -0.15) is 5.10 Å². The van der Waals surface area contributed by atoms with E-state index in [1.54, 1.807) is 19.2 Å². The maximum absolute atomic E-state index is 12.4. The zero-order valence-electron chi connectivity index (χ0n) is 17.4. The molecule has 3 aromatic rings. The molecule has 31 heavy (non-hydrogen) atoms. The normalized spacial score (nSPS) is 10.4. The molecule has 0 unspecified atom stereocenters. The van der Waals surface area contributed by atoms with Gasteiger partial charge in [-0.05, 0) is 49.2 Å². The van der Waals surface area contributed by atoms with E-state index in [0.717, 1.165) is 21.6 Å². The van der Waals surface area contributed by atoms with Crippen molar-refractivity contribution >= 4 is 17.5 Å². The lowest BCUT2D eigenvalue weighted by atomic mass is 10.1. The molecule has 3 rings (SSSR count). The van der Waals surface area contributed by atoms with Crippen LogP contribution in [0.3, 0.4) is 0 Å². The van der Waals surface area contributed by atoms with Crippen molar-refractivity contribution in [2.45, 2.75) is 19.9 Å². The Morgan fingerprint density at radius 2 is 1.71 bits per heavy atom. The summed E-state index contributed by atoms with van der Waals surface area (Å²) < 4.78 is 6.10. The summed E-state index contributed by atoms with van der Waals surface area (Å²) in [5.74, 6) is -0.0544. The molecule has 1 aromatic heterocycles. The van der Waals surface area contributed by atoms with Crippen LogP contribution in [0.4, 0.5) is 5.69 Å². The van der Waals surface area contributed by atoms with Gasteiger partial charge in [0.25, 0.3) is 11.5 Å². The monoisotopic (exact) mass is 420 g/mol. The SMILES string of the molecule is COc1ccc(CCNC(=O)Cn2nc(C(=O)Nc3ccc(C)cc3)ccc2=O)cc1. The molecule has 0 aliphatic heterocycles. The van der Waals surface area contributed by atoms with Crippen LogP contribution in [0.15, 0.2) is 65.5 Å². The van der Waals surface area contributed by atoms with Crippen LogP contribution in [0, 0.1) is 6.92 Å². The quantitative estimate of drug-likeness (QED) is 0.582. The maximum atomic E-state index is 12.4. The maximum Gasteiger partial charge on any atom is 0.276 e. The molecular formula is C23H24N4O4. The predicted octanol–water partition coefficient (Wildman–Crippen LogP) is 2.17. The lowest BCUT2D eigenvalue weighted by Gasteiger charge is -2.09. The van der Waals surface area contributed by atoms with Crippen molar-refractivity contribution in [2.75, 3.05) is 19.0 Å². The van der Waals surface area contributed by atoms with Crippen LogP contribution in [0.5, 0.6) is 5.75 Å². The number of rotatable bonds is 8. The van der Waals surface area contributed by atoms with E-state index in [1.807, 2.05) is 43.3 Å². The molecule has 0 saturated heterocycles. The van der Waals surface area contributed by atoms with Gasteiger partial charge in [-0.1, -0.05) is 29.8 Å². The molecule has 0 spiro atoms. The first kappa shape index (κ1) is 21.8. The lowest BCUT2D eigenvalue weighted by Crippen LogP contribution is -2.35. The van der Waals surface area contributed by atoms with E-state index in [1.165, 1.54) is 12.1 Å². The third-order valence-corrected chi connectivity index (χ3v) is 4.60. The molecule has 2 N–H and O–H groups in total. The van der Waals surface area contributed by atoms with Crippen molar-refractivity contribution in [3.8, 4) is 5.75 Å². The topological polar surface area (TPSA) is 102 Å². The van der Waals surface area contributed by atoms with Gasteiger partial charge in [-0.25, -0.2) is 4.68 Å². The highest BCUT2D eigenvalue weighted by molar-refractivity contribution is 6.02. The van der Waals surface area contributed by atoms with Crippen molar-refractivity contribution in [1.82, 2.24) is 15.1 Å². The molecule has 0 bridgehead atoms. The van der Waals surface area contributed by atoms with Gasteiger partial charge in [0.1, 0.15) is 18.0 Å². The third kappa shape index (κ3) is 6.27. The highest BCUT2D eigenvalue weighted by Gasteiger charge is 2.12. The summed E-state index contributed by atoms with van der Waals surface area (Å²) in [6.07, 6.45) is 0.636. The average molecular weight is 420 g/mol. The van der Waals surface area contributed by atoms with E-state index < -0.39 is 11.5 Å². The average Bonchev–Trinajstić information content (AvgIpc) is 2.77. The van der Waals surface area contributed by atoms with Gasteiger partial charge >= 0.3 is 0 Å². The summed E-state index contributed by atoms with van der Waals surface area (Å²) in [5.41, 5.74) is 2.32. The van der Waals surface area contributed by atoms with Gasteiger partial charge in [-0.15, -0.1) is 0 Å². The van der Waals surface area contributed by atoms with Crippen molar-refractivity contribution in [1.29, 1.82) is 0 Å². The van der Waals surface area contributed by atoms with E-state index in [9.17, 15) is 14.4 Å². The summed E-state index contributed by atoms with van der Waals surface area (Å²) in [6.45, 7) is 2.09. The van der Waals surface area contributed by atoms with E-state index in [4.69, 9.17) is 4.74 Å². The Hall–Kier alpha value is -3.94. The molecule has 0 atom stereocenters. The van der Waals surface area contributed by atoms with Crippen LogP contribution in [-0.4, -0.2) is 35.2 Å². The Morgan fingerprint density at radius 1 is 1.00 bits per heavy atom. The highest BCUT2D eigenvalue weighted by atomic mass is 16.5. The molecular weight excluding hydrogens is 396 g/mol. The molecule has 2 aromatic carbocycles. The number of nitrogens with zero attached hydrogens (tertiary/aromatic N) is 2. The number of amides is 2. The van der Waals surface area contributed by atoms with Gasteiger partial charge in [-0.3, -0.25) is 14.4 Å². The zero-order chi connectivity index (χ0) is 22.2. The fraction of sp³-hybridized carbons (Fsp3) is 0.217. The molecule has 1 heterocycles. The first-order chi connectivity index (χ1) is 14.9. The number of carbonyl (C=O) groups is 2. The lowest BCUT2D eigenvalue weighted by molar-refractivity contribution is -0.121. The summed E-state index contributed by atoms with van der Waals surface area (Å²) in [4.78, 5) is 36.7. The number of hydrogen-bond donors (Lipinski definition) is 2. The van der Waals surface area contributed by atoms with Crippen LogP contribution < -0.4 is 20.9 Å². The number of aromatic nitrogens is 2. The minimum absolute atomic E-state index is 0.0474. The molecule has 2 amide bonds. The van der Waals surface area contributed by atoms with E-state index in [0.29, 0.717) is 18.7 Å². The van der Waals surface area contributed by atoms with Crippen molar-refractivity contribution in [3.63, 3.8) is 0 Å². The second-order valence-corrected chi connectivity index (χ2v) is 6.98. The van der Waals surface area contributed by atoms with Crippen LogP contribution >= 0.6 is 0 Å². The number of hydrogen-bond acceptors (Lipinski definition) is 5. The number of nitrogens with one attached hydrogen (secondary N) is 2. The summed E-state index contributed by atoms with van der Waals surface area (Å²) >= 11 is 0. The number of carbonyl (C=O) groups excluding carboxylic acids is 2. The fourth-order valence-corrected chi connectivity index (χ4v) is 2.85. The van der Waals surface area contributed by atoms with Crippen LogP contribution in [0.2, 0.25) is 0 Å². The van der Waals surface area contributed by atoms with Gasteiger partial charge in [0.2, 0.25) is 5.91 Å². The van der Waals surface area contributed by atoms with E-state index >= 15 is 0 Å². The van der Waals surface area contributed by atoms with E-state index in [-0.39, 0.29) is 18.1 Å². The van der Waals surface area contributed by atoms with Gasteiger partial charge in [0.05, 0.1) is 7.11 Å². The fourth-order valence-electron chi connectivity index (χ4n) is 2.85. The Morgan fingerprint density at radius 3 is 2.39 bits per heavy atom. The molecule has 8 nitrogen and oxygen atoms in total. The number of benzene rings is 2. The number of aryl methyl sites for hydroxylation is 1. The summed E-state index contributed by atoms with van der Waals surface area (Å²) in [5, 5.41) is 9.51. The minimum Gasteiger partial charge on any atom is -0.497 e. The zero-order valence-corrected chi connectivity index (χ0v) is 17.4. The van der Waals surface area contributed by atoms with Gasteiger partial charge in [0.15, 0.2) is 0 Å². The highest BCUT2D eigenvalue weighted by Crippen LogP contribution is 2.11. The molecule has 0 aliphatic carbocycles.